The minimum atomic E-state index is -0.758. The van der Waals surface area contributed by atoms with Crippen LogP contribution in [0.1, 0.15) is 17.3 Å². The zero-order chi connectivity index (χ0) is 13.3. The molecule has 1 amide bonds. The number of fused-ring (bicyclic) bond motifs is 1. The second-order valence-electron chi connectivity index (χ2n) is 3.73. The number of carbonyl (C=O) groups excluding carboxylic acids is 1. The molecule has 0 unspecified atom stereocenters. The Labute approximate surface area is 105 Å². The fourth-order valence-electron chi connectivity index (χ4n) is 1.40. The summed E-state index contributed by atoms with van der Waals surface area (Å²) >= 11 is 1.17. The lowest BCUT2D eigenvalue weighted by atomic mass is 10.3. The van der Waals surface area contributed by atoms with Gasteiger partial charge in [-0.05, 0) is 6.92 Å². The molecule has 0 radical (unpaired) electrons. The van der Waals surface area contributed by atoms with Crippen molar-refractivity contribution in [2.45, 2.75) is 13.0 Å². The SMILES string of the molecule is C[C@H](O)CNC(=O)c1c(O)nc2sccn2c1=O. The third kappa shape index (κ3) is 2.20. The Hall–Kier alpha value is -1.93. The van der Waals surface area contributed by atoms with Gasteiger partial charge in [0.25, 0.3) is 11.5 Å². The quantitative estimate of drug-likeness (QED) is 0.701. The number of hydrogen-bond acceptors (Lipinski definition) is 6. The summed E-state index contributed by atoms with van der Waals surface area (Å²) in [5.74, 6) is -1.36. The van der Waals surface area contributed by atoms with Crippen LogP contribution in [0.5, 0.6) is 5.88 Å². The second kappa shape index (κ2) is 4.75. The summed E-state index contributed by atoms with van der Waals surface area (Å²) in [6, 6.07) is 0. The Kier molecular flexibility index (Phi) is 3.30. The van der Waals surface area contributed by atoms with E-state index in [4.69, 9.17) is 5.11 Å². The molecule has 0 aliphatic carbocycles. The lowest BCUT2D eigenvalue weighted by Gasteiger charge is -2.07. The van der Waals surface area contributed by atoms with Crippen molar-refractivity contribution in [1.29, 1.82) is 0 Å². The highest BCUT2D eigenvalue weighted by molar-refractivity contribution is 7.15. The molecule has 2 heterocycles. The van der Waals surface area contributed by atoms with Crippen LogP contribution in [0.25, 0.3) is 4.96 Å². The van der Waals surface area contributed by atoms with E-state index in [1.54, 1.807) is 5.38 Å². The van der Waals surface area contributed by atoms with Crippen LogP contribution in [-0.4, -0.2) is 38.2 Å². The van der Waals surface area contributed by atoms with Crippen molar-refractivity contribution in [1.82, 2.24) is 14.7 Å². The van der Waals surface area contributed by atoms with Gasteiger partial charge in [-0.15, -0.1) is 11.3 Å². The van der Waals surface area contributed by atoms with Gasteiger partial charge in [0.1, 0.15) is 0 Å². The van der Waals surface area contributed by atoms with Crippen molar-refractivity contribution >= 4 is 22.2 Å². The first-order valence-electron chi connectivity index (χ1n) is 5.15. The highest BCUT2D eigenvalue weighted by Crippen LogP contribution is 2.14. The van der Waals surface area contributed by atoms with Crippen LogP contribution in [0, 0.1) is 0 Å². The molecule has 0 aliphatic rings. The van der Waals surface area contributed by atoms with E-state index in [0.29, 0.717) is 4.96 Å². The zero-order valence-electron chi connectivity index (χ0n) is 9.45. The molecule has 2 aromatic heterocycles. The van der Waals surface area contributed by atoms with Crippen molar-refractivity contribution in [3.05, 3.63) is 27.5 Å². The maximum Gasteiger partial charge on any atom is 0.275 e. The lowest BCUT2D eigenvalue weighted by Crippen LogP contribution is -2.35. The van der Waals surface area contributed by atoms with Crippen molar-refractivity contribution in [2.24, 2.45) is 0 Å². The first-order valence-corrected chi connectivity index (χ1v) is 6.03. The number of aromatic nitrogens is 2. The van der Waals surface area contributed by atoms with Gasteiger partial charge in [-0.3, -0.25) is 14.0 Å². The van der Waals surface area contributed by atoms with Crippen molar-refractivity contribution in [3.63, 3.8) is 0 Å². The van der Waals surface area contributed by atoms with Gasteiger partial charge in [0.2, 0.25) is 5.88 Å². The van der Waals surface area contributed by atoms with E-state index >= 15 is 0 Å². The number of carbonyl (C=O) groups is 1. The number of amides is 1. The lowest BCUT2D eigenvalue weighted by molar-refractivity contribution is 0.0919. The normalized spacial score (nSPS) is 12.6. The molecule has 3 N–H and O–H groups in total. The molecule has 0 spiro atoms. The summed E-state index contributed by atoms with van der Waals surface area (Å²) in [6.07, 6.45) is 0.733. The second-order valence-corrected chi connectivity index (χ2v) is 4.60. The topological polar surface area (TPSA) is 104 Å². The molecule has 0 fully saturated rings. The molecule has 0 bridgehead atoms. The molecule has 18 heavy (non-hydrogen) atoms. The first kappa shape index (κ1) is 12.5. The standard InChI is InChI=1S/C10H11N3O4S/c1-5(14)4-11-7(15)6-8(16)12-10-13(9(6)17)2-3-18-10/h2-3,5,14,16H,4H2,1H3,(H,11,15)/t5-/m0/s1. The molecule has 7 nitrogen and oxygen atoms in total. The van der Waals surface area contributed by atoms with Crippen LogP contribution in [0.15, 0.2) is 16.4 Å². The minimum Gasteiger partial charge on any atom is -0.492 e. The molecular formula is C10H11N3O4S. The molecule has 0 aliphatic heterocycles. The summed E-state index contributed by atoms with van der Waals surface area (Å²) in [5, 5.41) is 22.6. The summed E-state index contributed by atoms with van der Waals surface area (Å²) in [5.41, 5.74) is -1.06. The highest BCUT2D eigenvalue weighted by atomic mass is 32.1. The van der Waals surface area contributed by atoms with E-state index < -0.39 is 29.0 Å². The molecule has 8 heteroatoms. The summed E-state index contributed by atoms with van der Waals surface area (Å²) < 4.78 is 1.18. The van der Waals surface area contributed by atoms with Gasteiger partial charge in [0.05, 0.1) is 6.10 Å². The Morgan fingerprint density at radius 3 is 3.06 bits per heavy atom. The fraction of sp³-hybridized carbons (Fsp3) is 0.300. The van der Waals surface area contributed by atoms with Crippen molar-refractivity contribution in [3.8, 4) is 5.88 Å². The number of hydrogen-bond donors (Lipinski definition) is 3. The number of nitrogens with one attached hydrogen (secondary N) is 1. The van der Waals surface area contributed by atoms with Crippen molar-refractivity contribution < 1.29 is 15.0 Å². The molecule has 0 aromatic carbocycles. The minimum absolute atomic E-state index is 0.00987. The van der Waals surface area contributed by atoms with Crippen LogP contribution >= 0.6 is 11.3 Å². The van der Waals surface area contributed by atoms with Crippen LogP contribution in [0.3, 0.4) is 0 Å². The van der Waals surface area contributed by atoms with Gasteiger partial charge in [0, 0.05) is 18.1 Å². The van der Waals surface area contributed by atoms with Crippen LogP contribution in [0.4, 0.5) is 0 Å². The zero-order valence-corrected chi connectivity index (χ0v) is 10.3. The van der Waals surface area contributed by atoms with Gasteiger partial charge in [-0.25, -0.2) is 0 Å². The third-order valence-electron chi connectivity index (χ3n) is 2.23. The Bertz CT molecular complexity index is 646. The number of nitrogens with zero attached hydrogens (tertiary/aromatic N) is 2. The Balaban J connectivity index is 2.44. The van der Waals surface area contributed by atoms with Crippen LogP contribution in [-0.2, 0) is 0 Å². The van der Waals surface area contributed by atoms with Gasteiger partial charge >= 0.3 is 0 Å². The smallest absolute Gasteiger partial charge is 0.275 e. The summed E-state index contributed by atoms with van der Waals surface area (Å²) in [4.78, 5) is 27.7. The largest absolute Gasteiger partial charge is 0.492 e. The van der Waals surface area contributed by atoms with E-state index in [2.05, 4.69) is 10.3 Å². The maximum atomic E-state index is 11.9. The van der Waals surface area contributed by atoms with E-state index in [-0.39, 0.29) is 6.54 Å². The monoisotopic (exact) mass is 269 g/mol. The average Bonchev–Trinajstić information content (AvgIpc) is 2.74. The van der Waals surface area contributed by atoms with Gasteiger partial charge in [-0.2, -0.15) is 4.98 Å². The molecule has 1 atom stereocenters. The molecule has 2 rings (SSSR count). The fourth-order valence-corrected chi connectivity index (χ4v) is 2.10. The third-order valence-corrected chi connectivity index (χ3v) is 2.99. The van der Waals surface area contributed by atoms with Gasteiger partial charge in [-0.1, -0.05) is 0 Å². The Morgan fingerprint density at radius 2 is 2.39 bits per heavy atom. The van der Waals surface area contributed by atoms with Crippen LogP contribution < -0.4 is 10.9 Å². The number of aromatic hydroxyl groups is 1. The van der Waals surface area contributed by atoms with E-state index in [0.717, 1.165) is 0 Å². The predicted molar refractivity (Wildman–Crippen MR) is 65.0 cm³/mol. The van der Waals surface area contributed by atoms with Gasteiger partial charge < -0.3 is 15.5 Å². The molecule has 0 saturated heterocycles. The van der Waals surface area contributed by atoms with Crippen molar-refractivity contribution in [2.75, 3.05) is 6.54 Å². The molecule has 96 valence electrons. The number of rotatable bonds is 3. The van der Waals surface area contributed by atoms with Gasteiger partial charge in [0.15, 0.2) is 10.5 Å². The highest BCUT2D eigenvalue weighted by Gasteiger charge is 2.20. The van der Waals surface area contributed by atoms with Crippen LogP contribution in [0.2, 0.25) is 0 Å². The Morgan fingerprint density at radius 1 is 1.67 bits per heavy atom. The molecule has 2 aromatic rings. The molecular weight excluding hydrogens is 258 g/mol. The molecule has 0 saturated carbocycles. The van der Waals surface area contributed by atoms with E-state index in [9.17, 15) is 14.7 Å². The number of aliphatic hydroxyl groups is 1. The number of thiazole rings is 1. The number of aliphatic hydroxyl groups excluding tert-OH is 1. The van der Waals surface area contributed by atoms with E-state index in [1.807, 2.05) is 0 Å². The summed E-state index contributed by atoms with van der Waals surface area (Å²) in [7, 11) is 0. The maximum absolute atomic E-state index is 11.9. The summed E-state index contributed by atoms with van der Waals surface area (Å²) in [6.45, 7) is 1.48. The average molecular weight is 269 g/mol. The first-order chi connectivity index (χ1) is 8.50. The predicted octanol–water partition coefficient (Wildman–Crippen LogP) is -0.428. The van der Waals surface area contributed by atoms with E-state index in [1.165, 1.54) is 28.9 Å².